The van der Waals surface area contributed by atoms with Crippen molar-refractivity contribution >= 4 is 41.1 Å². The van der Waals surface area contributed by atoms with Gasteiger partial charge in [0.15, 0.2) is 16.7 Å². The number of urea groups is 1. The third-order valence-corrected chi connectivity index (χ3v) is 8.20. The highest BCUT2D eigenvalue weighted by Crippen LogP contribution is 2.33. The smallest absolute Gasteiger partial charge is 0.317 e. The van der Waals surface area contributed by atoms with Gasteiger partial charge in [-0.15, -0.1) is 0 Å². The van der Waals surface area contributed by atoms with E-state index in [0.29, 0.717) is 48.9 Å². The number of aromatic nitrogens is 2. The second-order valence-corrected chi connectivity index (χ2v) is 11.9. The average molecular weight is 590 g/mol. The fraction of sp³-hybridized carbons (Fsp3) is 0.556. The number of piperazine rings is 2. The number of fused-ring (bicyclic) bond motifs is 1. The molecule has 13 heteroatoms. The van der Waals surface area contributed by atoms with Crippen LogP contribution in [-0.4, -0.2) is 107 Å². The Labute approximate surface area is 244 Å². The number of anilines is 1. The Bertz CT molecular complexity index is 1230. The molecule has 3 amide bonds. The van der Waals surface area contributed by atoms with Gasteiger partial charge in [-0.1, -0.05) is 29.4 Å². The number of amides is 3. The molecule has 0 saturated carbocycles. The van der Waals surface area contributed by atoms with Crippen LogP contribution in [0.3, 0.4) is 0 Å². The van der Waals surface area contributed by atoms with Crippen LogP contribution in [0.5, 0.6) is 11.5 Å². The molecular formula is C27H36ClN7O4S. The van der Waals surface area contributed by atoms with Gasteiger partial charge >= 0.3 is 6.03 Å². The molecule has 0 radical (unpaired) electrons. The predicted octanol–water partition coefficient (Wildman–Crippen LogP) is 2.92. The van der Waals surface area contributed by atoms with Crippen LogP contribution in [0.15, 0.2) is 29.4 Å². The first-order chi connectivity index (χ1) is 19.2. The molecule has 2 aromatic rings. The van der Waals surface area contributed by atoms with Gasteiger partial charge in [-0.05, 0) is 38.5 Å². The average Bonchev–Trinajstić information content (AvgIpc) is 3.39. The Balaban J connectivity index is 1.10. The number of nitrogens with one attached hydrogen (secondary N) is 1. The number of carbonyl (C=O) groups excluding carboxylic acids is 2. The number of benzene rings is 1. The Morgan fingerprint density at radius 1 is 1.07 bits per heavy atom. The molecule has 1 unspecified atom stereocenters. The van der Waals surface area contributed by atoms with Crippen molar-refractivity contribution in [2.75, 3.05) is 63.3 Å². The van der Waals surface area contributed by atoms with Gasteiger partial charge in [0, 0.05) is 70.5 Å². The highest BCUT2D eigenvalue weighted by Gasteiger charge is 2.29. The van der Waals surface area contributed by atoms with E-state index < -0.39 is 0 Å². The summed E-state index contributed by atoms with van der Waals surface area (Å²) in [5, 5.41) is 3.78. The van der Waals surface area contributed by atoms with Crippen molar-refractivity contribution in [1.29, 1.82) is 0 Å². The zero-order chi connectivity index (χ0) is 28.2. The van der Waals surface area contributed by atoms with Gasteiger partial charge in [0.1, 0.15) is 11.0 Å². The van der Waals surface area contributed by atoms with Crippen LogP contribution in [0, 0.1) is 0 Å². The molecule has 4 heterocycles. The minimum atomic E-state index is -0.0496. The van der Waals surface area contributed by atoms with Crippen molar-refractivity contribution in [2.24, 2.45) is 0 Å². The molecule has 11 nitrogen and oxygen atoms in total. The van der Waals surface area contributed by atoms with Gasteiger partial charge < -0.3 is 29.5 Å². The Morgan fingerprint density at radius 2 is 1.85 bits per heavy atom. The highest BCUT2D eigenvalue weighted by atomic mass is 35.5. The van der Waals surface area contributed by atoms with Crippen LogP contribution < -0.4 is 19.7 Å². The lowest BCUT2D eigenvalue weighted by Gasteiger charge is -2.40. The lowest BCUT2D eigenvalue weighted by Crippen LogP contribution is -2.57. The number of nitrogens with zero attached hydrogens (tertiary/aromatic N) is 6. The van der Waals surface area contributed by atoms with Crippen LogP contribution in [0.2, 0.25) is 5.15 Å². The summed E-state index contributed by atoms with van der Waals surface area (Å²) in [4.78, 5) is 42.7. The Morgan fingerprint density at radius 3 is 2.60 bits per heavy atom. The molecule has 0 spiro atoms. The van der Waals surface area contributed by atoms with E-state index in [4.69, 9.17) is 21.1 Å². The minimum Gasteiger partial charge on any atom is -0.454 e. The highest BCUT2D eigenvalue weighted by molar-refractivity contribution is 7.99. The zero-order valence-corrected chi connectivity index (χ0v) is 24.7. The van der Waals surface area contributed by atoms with Crippen LogP contribution in [0.25, 0.3) is 0 Å². The summed E-state index contributed by atoms with van der Waals surface area (Å²) in [6.07, 6.45) is 0. The number of hydrogen-bond acceptors (Lipinski definition) is 9. The van der Waals surface area contributed by atoms with Crippen molar-refractivity contribution in [3.8, 4) is 11.5 Å². The SMILES string of the molecule is CC(C)NC(=O)N1CCN(c2cc(Cl)nc(SCC(=O)N3CCN(Cc4ccc5c(c4)OCO5)CC3)n2)CC1C. The molecule has 3 aliphatic heterocycles. The number of hydrogen-bond donors (Lipinski definition) is 1. The second kappa shape index (κ2) is 12.7. The monoisotopic (exact) mass is 589 g/mol. The quantitative estimate of drug-likeness (QED) is 0.297. The first-order valence-electron chi connectivity index (χ1n) is 13.6. The van der Waals surface area contributed by atoms with E-state index >= 15 is 0 Å². The second-order valence-electron chi connectivity index (χ2n) is 10.6. The summed E-state index contributed by atoms with van der Waals surface area (Å²) in [5.74, 6) is 2.61. The van der Waals surface area contributed by atoms with Crippen molar-refractivity contribution in [2.45, 2.75) is 44.6 Å². The minimum absolute atomic E-state index is 0.0163. The van der Waals surface area contributed by atoms with Crippen molar-refractivity contribution in [3.63, 3.8) is 0 Å². The molecule has 40 heavy (non-hydrogen) atoms. The molecule has 2 fully saturated rings. The van der Waals surface area contributed by atoms with Crippen molar-refractivity contribution < 1.29 is 19.1 Å². The van der Waals surface area contributed by atoms with Gasteiger partial charge in [0.05, 0.1) is 5.75 Å². The number of rotatable bonds is 7. The first kappa shape index (κ1) is 28.6. The van der Waals surface area contributed by atoms with Crippen LogP contribution in [0.1, 0.15) is 26.3 Å². The molecule has 5 rings (SSSR count). The van der Waals surface area contributed by atoms with E-state index in [1.807, 2.05) is 42.7 Å². The van der Waals surface area contributed by atoms with E-state index in [9.17, 15) is 9.59 Å². The number of carbonyl (C=O) groups is 2. The van der Waals surface area contributed by atoms with Crippen molar-refractivity contribution in [3.05, 3.63) is 35.0 Å². The molecule has 1 atom stereocenters. The van der Waals surface area contributed by atoms with Gasteiger partial charge in [-0.3, -0.25) is 9.69 Å². The summed E-state index contributed by atoms with van der Waals surface area (Å²) in [5.41, 5.74) is 1.17. The lowest BCUT2D eigenvalue weighted by molar-refractivity contribution is -0.130. The molecule has 3 aliphatic rings. The molecule has 1 aromatic heterocycles. The standard InChI is InChI=1S/C27H36ClN7O4S/c1-18(2)29-27(37)35-11-10-34(14-19(35)3)24-13-23(28)30-26(31-24)40-16-25(36)33-8-6-32(7-9-33)15-20-4-5-21-22(12-20)39-17-38-21/h4-5,12-13,18-19H,6-11,14-17H2,1-3H3,(H,29,37). The number of thioether (sulfide) groups is 1. The maximum absolute atomic E-state index is 13.0. The normalized spacial score (nSPS) is 19.3. The van der Waals surface area contributed by atoms with E-state index in [0.717, 1.165) is 31.1 Å². The largest absolute Gasteiger partial charge is 0.454 e. The number of ether oxygens (including phenoxy) is 2. The lowest BCUT2D eigenvalue weighted by atomic mass is 10.1. The van der Waals surface area contributed by atoms with Crippen LogP contribution >= 0.6 is 23.4 Å². The zero-order valence-electron chi connectivity index (χ0n) is 23.1. The third kappa shape index (κ3) is 7.02. The fourth-order valence-corrected chi connectivity index (χ4v) is 6.06. The first-order valence-corrected chi connectivity index (χ1v) is 15.0. The van der Waals surface area contributed by atoms with E-state index in [1.165, 1.54) is 17.3 Å². The number of halogens is 1. The predicted molar refractivity (Wildman–Crippen MR) is 154 cm³/mol. The Kier molecular flexibility index (Phi) is 9.07. The molecule has 216 valence electrons. The summed E-state index contributed by atoms with van der Waals surface area (Å²) in [6, 6.07) is 7.83. The van der Waals surface area contributed by atoms with E-state index in [1.54, 1.807) is 6.07 Å². The topological polar surface area (TPSA) is 103 Å². The van der Waals surface area contributed by atoms with Gasteiger partial charge in [-0.2, -0.15) is 0 Å². The summed E-state index contributed by atoms with van der Waals surface area (Å²) in [7, 11) is 0. The van der Waals surface area contributed by atoms with Crippen molar-refractivity contribution in [1.82, 2.24) is 30.0 Å². The maximum atomic E-state index is 13.0. The summed E-state index contributed by atoms with van der Waals surface area (Å²) in [6.45, 7) is 11.8. The van der Waals surface area contributed by atoms with Crippen LogP contribution in [-0.2, 0) is 11.3 Å². The van der Waals surface area contributed by atoms with Crippen LogP contribution in [0.4, 0.5) is 10.6 Å². The molecule has 2 saturated heterocycles. The molecule has 0 aliphatic carbocycles. The van der Waals surface area contributed by atoms with Gasteiger partial charge in [0.2, 0.25) is 12.7 Å². The van der Waals surface area contributed by atoms with Gasteiger partial charge in [0.25, 0.3) is 0 Å². The van der Waals surface area contributed by atoms with Gasteiger partial charge in [-0.25, -0.2) is 14.8 Å². The maximum Gasteiger partial charge on any atom is 0.317 e. The Hall–Kier alpha value is -2.96. The fourth-order valence-electron chi connectivity index (χ4n) is 5.08. The third-order valence-electron chi connectivity index (χ3n) is 7.18. The molecule has 1 N–H and O–H groups in total. The summed E-state index contributed by atoms with van der Waals surface area (Å²) < 4.78 is 10.9. The van der Waals surface area contributed by atoms with E-state index in [-0.39, 0.29) is 36.6 Å². The molecule has 0 bridgehead atoms. The molecule has 1 aromatic carbocycles. The van der Waals surface area contributed by atoms with E-state index in [2.05, 4.69) is 31.2 Å². The molecular weight excluding hydrogens is 554 g/mol. The summed E-state index contributed by atoms with van der Waals surface area (Å²) >= 11 is 7.64.